The number of hydrogen-bond donors (Lipinski definition) is 2. The lowest BCUT2D eigenvalue weighted by molar-refractivity contribution is 0.911. The first-order chi connectivity index (χ1) is 4.72. The maximum absolute atomic E-state index is 10.4. The molecule has 2 N–H and O–H groups in total. The Hall–Kier alpha value is -1.90. The fraction of sp³-hybridized carbons (Fsp3) is 0. The maximum Gasteiger partial charge on any atom is 0.351 e. The largest absolute Gasteiger partial charge is 0.351 e. The van der Waals surface area contributed by atoms with E-state index in [9.17, 15) is 9.59 Å². The Morgan fingerprint density at radius 1 is 1.40 bits per heavy atom. The van der Waals surface area contributed by atoms with Crippen LogP contribution in [-0.2, 0) is 0 Å². The van der Waals surface area contributed by atoms with Gasteiger partial charge in [0.1, 0.15) is 6.07 Å². The van der Waals surface area contributed by atoms with Gasteiger partial charge >= 0.3 is 11.4 Å². The Bertz CT molecular complexity index is 353. The van der Waals surface area contributed by atoms with Crippen molar-refractivity contribution in [2.75, 3.05) is 0 Å². The van der Waals surface area contributed by atoms with Crippen molar-refractivity contribution in [1.29, 1.82) is 5.26 Å². The predicted octanol–water partition coefficient (Wildman–Crippen LogP) is -1.67. The Morgan fingerprint density at radius 2 is 2.10 bits per heavy atom. The lowest BCUT2D eigenvalue weighted by atomic mass is 10.7. The molecule has 1 rings (SSSR count). The van der Waals surface area contributed by atoms with E-state index in [0.717, 1.165) is 0 Å². The second-order valence-electron chi connectivity index (χ2n) is 1.46. The van der Waals surface area contributed by atoms with Crippen LogP contribution in [0.25, 0.3) is 0 Å². The van der Waals surface area contributed by atoms with Crippen LogP contribution in [0.5, 0.6) is 0 Å². The molecule has 0 fully saturated rings. The molecule has 10 heavy (non-hydrogen) atoms. The number of H-pyrrole nitrogens is 2. The summed E-state index contributed by atoms with van der Waals surface area (Å²) in [4.78, 5) is 27.7. The van der Waals surface area contributed by atoms with Crippen molar-refractivity contribution in [3.8, 4) is 6.07 Å². The molecule has 0 aromatic carbocycles. The molecule has 0 aliphatic heterocycles. The molecule has 1 aromatic rings. The molecule has 50 valence electrons. The van der Waals surface area contributed by atoms with Gasteiger partial charge in [-0.15, -0.1) is 0 Å². The standard InChI is InChI=1S/C4H2N4O2/c5-1-2-6-3(9)8-4(10)7-2/h(H2,6,7,8,9,10). The third-order valence-corrected chi connectivity index (χ3v) is 0.772. The van der Waals surface area contributed by atoms with Crippen molar-refractivity contribution in [1.82, 2.24) is 15.0 Å². The van der Waals surface area contributed by atoms with Crippen LogP contribution in [0.4, 0.5) is 0 Å². The van der Waals surface area contributed by atoms with Gasteiger partial charge < -0.3 is 0 Å². The topological polar surface area (TPSA) is 102 Å². The molecular weight excluding hydrogens is 136 g/mol. The van der Waals surface area contributed by atoms with Gasteiger partial charge in [0.25, 0.3) is 0 Å². The number of aromatic amines is 2. The van der Waals surface area contributed by atoms with Gasteiger partial charge in [0.2, 0.25) is 5.82 Å². The van der Waals surface area contributed by atoms with Crippen molar-refractivity contribution in [2.24, 2.45) is 0 Å². The van der Waals surface area contributed by atoms with Crippen LogP contribution in [0.15, 0.2) is 9.59 Å². The summed E-state index contributed by atoms with van der Waals surface area (Å²) < 4.78 is 0. The van der Waals surface area contributed by atoms with E-state index in [4.69, 9.17) is 5.26 Å². The summed E-state index contributed by atoms with van der Waals surface area (Å²) in [5.41, 5.74) is -1.54. The third-order valence-electron chi connectivity index (χ3n) is 0.772. The van der Waals surface area contributed by atoms with Gasteiger partial charge in [-0.3, -0.25) is 9.97 Å². The molecule has 0 amide bonds. The van der Waals surface area contributed by atoms with Gasteiger partial charge in [-0.1, -0.05) is 0 Å². The molecule has 0 bridgehead atoms. The average Bonchev–Trinajstić information content (AvgIpc) is 1.85. The molecule has 0 spiro atoms. The first-order valence-electron chi connectivity index (χ1n) is 2.33. The van der Waals surface area contributed by atoms with Crippen LogP contribution < -0.4 is 11.4 Å². The zero-order chi connectivity index (χ0) is 7.56. The van der Waals surface area contributed by atoms with Gasteiger partial charge in [-0.2, -0.15) is 10.2 Å². The quantitative estimate of drug-likeness (QED) is 0.447. The van der Waals surface area contributed by atoms with E-state index in [1.807, 2.05) is 9.97 Å². The summed E-state index contributed by atoms with van der Waals surface area (Å²) in [7, 11) is 0. The summed E-state index contributed by atoms with van der Waals surface area (Å²) in [5.74, 6) is -0.284. The second-order valence-corrected chi connectivity index (χ2v) is 1.46. The molecule has 0 atom stereocenters. The normalized spacial score (nSPS) is 8.70. The Morgan fingerprint density at radius 3 is 2.60 bits per heavy atom. The molecule has 1 heterocycles. The van der Waals surface area contributed by atoms with E-state index in [1.54, 1.807) is 0 Å². The van der Waals surface area contributed by atoms with Gasteiger partial charge in [0.05, 0.1) is 0 Å². The molecule has 0 saturated carbocycles. The lowest BCUT2D eigenvalue weighted by Crippen LogP contribution is -2.25. The summed E-state index contributed by atoms with van der Waals surface area (Å²) >= 11 is 0. The van der Waals surface area contributed by atoms with Crippen LogP contribution in [-0.4, -0.2) is 15.0 Å². The summed E-state index contributed by atoms with van der Waals surface area (Å²) in [6.07, 6.45) is 0. The monoisotopic (exact) mass is 138 g/mol. The molecule has 0 saturated heterocycles. The lowest BCUT2D eigenvalue weighted by Gasteiger charge is -1.81. The third kappa shape index (κ3) is 1.08. The number of hydrogen-bond acceptors (Lipinski definition) is 4. The van der Waals surface area contributed by atoms with E-state index in [1.165, 1.54) is 6.07 Å². The highest BCUT2D eigenvalue weighted by Crippen LogP contribution is 1.68. The molecule has 0 aliphatic rings. The summed E-state index contributed by atoms with van der Waals surface area (Å²) in [6, 6.07) is 1.52. The van der Waals surface area contributed by atoms with Crippen LogP contribution in [0.2, 0.25) is 0 Å². The van der Waals surface area contributed by atoms with E-state index in [-0.39, 0.29) is 5.82 Å². The smallest absolute Gasteiger partial charge is 0.283 e. The van der Waals surface area contributed by atoms with E-state index >= 15 is 0 Å². The van der Waals surface area contributed by atoms with Crippen molar-refractivity contribution in [3.63, 3.8) is 0 Å². The van der Waals surface area contributed by atoms with Gasteiger partial charge in [-0.25, -0.2) is 9.59 Å². The van der Waals surface area contributed by atoms with Crippen molar-refractivity contribution >= 4 is 0 Å². The second kappa shape index (κ2) is 2.14. The average molecular weight is 138 g/mol. The number of rotatable bonds is 0. The molecule has 6 heteroatoms. The Kier molecular flexibility index (Phi) is 1.33. The van der Waals surface area contributed by atoms with Gasteiger partial charge in [0, 0.05) is 0 Å². The first kappa shape index (κ1) is 6.22. The van der Waals surface area contributed by atoms with Crippen molar-refractivity contribution in [2.45, 2.75) is 0 Å². The highest BCUT2D eigenvalue weighted by atomic mass is 16.2. The van der Waals surface area contributed by atoms with Gasteiger partial charge in [-0.05, 0) is 0 Å². The Balaban J connectivity index is 3.51. The minimum Gasteiger partial charge on any atom is -0.283 e. The molecule has 0 radical (unpaired) electrons. The van der Waals surface area contributed by atoms with Crippen LogP contribution in [0.1, 0.15) is 5.82 Å². The Labute approximate surface area is 54.2 Å². The van der Waals surface area contributed by atoms with Gasteiger partial charge in [0.15, 0.2) is 0 Å². The molecule has 6 nitrogen and oxygen atoms in total. The predicted molar refractivity (Wildman–Crippen MR) is 30.2 cm³/mol. The van der Waals surface area contributed by atoms with E-state index in [2.05, 4.69) is 4.98 Å². The highest BCUT2D eigenvalue weighted by molar-refractivity contribution is 5.05. The summed E-state index contributed by atoms with van der Waals surface area (Å²) in [6.45, 7) is 0. The van der Waals surface area contributed by atoms with E-state index < -0.39 is 11.4 Å². The molecule has 0 aliphatic carbocycles. The zero-order valence-electron chi connectivity index (χ0n) is 4.71. The first-order valence-corrected chi connectivity index (χ1v) is 2.33. The molecule has 1 aromatic heterocycles. The van der Waals surface area contributed by atoms with Crippen molar-refractivity contribution < 1.29 is 0 Å². The van der Waals surface area contributed by atoms with Crippen molar-refractivity contribution in [3.05, 3.63) is 26.8 Å². The number of nitrogens with zero attached hydrogens (tertiary/aromatic N) is 2. The SMILES string of the molecule is N#Cc1nc(=O)[nH]c(=O)[nH]1. The molecular formula is C4H2N4O2. The number of aromatic nitrogens is 3. The fourth-order valence-corrected chi connectivity index (χ4v) is 0.446. The highest BCUT2D eigenvalue weighted by Gasteiger charge is 1.92. The molecule has 0 unspecified atom stereocenters. The van der Waals surface area contributed by atoms with E-state index in [0.29, 0.717) is 0 Å². The minimum absolute atomic E-state index is 0.284. The minimum atomic E-state index is -0.819. The summed E-state index contributed by atoms with van der Waals surface area (Å²) in [5, 5.41) is 8.15. The maximum atomic E-state index is 10.4. The zero-order valence-corrected chi connectivity index (χ0v) is 4.71. The number of nitriles is 1. The number of nitrogens with one attached hydrogen (secondary N) is 2. The van der Waals surface area contributed by atoms with Crippen LogP contribution in [0, 0.1) is 11.3 Å². The van der Waals surface area contributed by atoms with Crippen LogP contribution in [0.3, 0.4) is 0 Å². The van der Waals surface area contributed by atoms with Crippen LogP contribution >= 0.6 is 0 Å². The fourth-order valence-electron chi connectivity index (χ4n) is 0.446.